The smallest absolute Gasteiger partial charge is 0.255 e. The molecule has 0 aliphatic carbocycles. The van der Waals surface area contributed by atoms with Gasteiger partial charge < -0.3 is 10.1 Å². The predicted molar refractivity (Wildman–Crippen MR) is 101 cm³/mol. The Balaban J connectivity index is 2.05. The third kappa shape index (κ3) is 5.26. The first-order valence-electron chi connectivity index (χ1n) is 7.08. The first kappa shape index (κ1) is 18.8. The molecule has 2 aromatic rings. The summed E-state index contributed by atoms with van der Waals surface area (Å²) in [7, 11) is -2.11. The second-order valence-electron chi connectivity index (χ2n) is 4.88. The Morgan fingerprint density at radius 2 is 1.71 bits per heavy atom. The van der Waals surface area contributed by atoms with Crippen molar-refractivity contribution in [1.82, 2.24) is 4.72 Å². The highest BCUT2D eigenvalue weighted by Gasteiger charge is 2.14. The molecule has 128 valence electrons. The Hall–Kier alpha value is -1.49. The van der Waals surface area contributed by atoms with Gasteiger partial charge >= 0.3 is 0 Å². The van der Waals surface area contributed by atoms with Crippen molar-refractivity contribution >= 4 is 44.2 Å². The summed E-state index contributed by atoms with van der Waals surface area (Å²) in [6.07, 6.45) is 0. The first-order valence-corrected chi connectivity index (χ1v) is 9.64. The second kappa shape index (κ2) is 8.56. The van der Waals surface area contributed by atoms with Gasteiger partial charge in [0.05, 0.1) is 11.5 Å². The van der Waals surface area contributed by atoms with Crippen LogP contribution in [0.15, 0.2) is 53.4 Å². The molecule has 0 spiro atoms. The Morgan fingerprint density at radius 1 is 1.08 bits per heavy atom. The maximum atomic E-state index is 12.2. The molecule has 0 aliphatic heterocycles. The van der Waals surface area contributed by atoms with E-state index in [9.17, 15) is 13.2 Å². The Kier molecular flexibility index (Phi) is 6.72. The van der Waals surface area contributed by atoms with Crippen LogP contribution in [0.2, 0.25) is 0 Å². The van der Waals surface area contributed by atoms with Crippen LogP contribution in [0.1, 0.15) is 10.4 Å². The minimum absolute atomic E-state index is 0.101. The van der Waals surface area contributed by atoms with E-state index in [2.05, 4.69) is 32.6 Å². The van der Waals surface area contributed by atoms with Crippen molar-refractivity contribution in [3.8, 4) is 0 Å². The summed E-state index contributed by atoms with van der Waals surface area (Å²) in [6.45, 7) is 0.476. The van der Waals surface area contributed by atoms with Gasteiger partial charge in [0.1, 0.15) is 0 Å². The molecule has 0 bridgehead atoms. The maximum Gasteiger partial charge on any atom is 0.255 e. The number of anilines is 1. The van der Waals surface area contributed by atoms with E-state index in [1.54, 1.807) is 12.1 Å². The molecule has 0 saturated carbocycles. The number of amides is 1. The van der Waals surface area contributed by atoms with Gasteiger partial charge in [0.25, 0.3) is 5.91 Å². The van der Waals surface area contributed by atoms with E-state index >= 15 is 0 Å². The number of carbonyl (C=O) groups excluding carboxylic acids is 1. The summed E-state index contributed by atoms with van der Waals surface area (Å²) < 4.78 is 32.4. The molecule has 0 atom stereocenters. The monoisotopic (exact) mass is 460 g/mol. The molecule has 1 amide bonds. The highest BCUT2D eigenvalue weighted by atomic mass is 127. The molecule has 0 saturated heterocycles. The van der Waals surface area contributed by atoms with Gasteiger partial charge in [-0.1, -0.05) is 0 Å². The molecule has 6 nitrogen and oxygen atoms in total. The third-order valence-electron chi connectivity index (χ3n) is 3.13. The molecule has 24 heavy (non-hydrogen) atoms. The highest BCUT2D eigenvalue weighted by molar-refractivity contribution is 14.1. The summed E-state index contributed by atoms with van der Waals surface area (Å²) in [5.41, 5.74) is 1.06. The van der Waals surface area contributed by atoms with Crippen LogP contribution in [0, 0.1) is 3.57 Å². The van der Waals surface area contributed by atoms with Gasteiger partial charge in [0.2, 0.25) is 10.0 Å². The van der Waals surface area contributed by atoms with Crippen molar-refractivity contribution in [3.63, 3.8) is 0 Å². The van der Waals surface area contributed by atoms with Crippen molar-refractivity contribution in [2.24, 2.45) is 0 Å². The number of nitrogens with one attached hydrogen (secondary N) is 2. The molecule has 8 heteroatoms. The van der Waals surface area contributed by atoms with E-state index in [0.29, 0.717) is 11.3 Å². The minimum Gasteiger partial charge on any atom is -0.383 e. The minimum atomic E-state index is -3.60. The Bertz CT molecular complexity index is 790. The van der Waals surface area contributed by atoms with Gasteiger partial charge in [-0.25, -0.2) is 13.1 Å². The fourth-order valence-corrected chi connectivity index (χ4v) is 3.26. The average Bonchev–Trinajstić information content (AvgIpc) is 2.57. The molecule has 0 unspecified atom stereocenters. The third-order valence-corrected chi connectivity index (χ3v) is 5.32. The first-order chi connectivity index (χ1) is 11.4. The van der Waals surface area contributed by atoms with Crippen LogP contribution >= 0.6 is 22.6 Å². The maximum absolute atomic E-state index is 12.2. The van der Waals surface area contributed by atoms with E-state index in [1.807, 2.05) is 12.1 Å². The van der Waals surface area contributed by atoms with Crippen LogP contribution in [-0.4, -0.2) is 34.6 Å². The molecular weight excluding hydrogens is 443 g/mol. The number of halogens is 1. The van der Waals surface area contributed by atoms with Crippen molar-refractivity contribution in [3.05, 3.63) is 57.7 Å². The molecule has 2 aromatic carbocycles. The lowest BCUT2D eigenvalue weighted by Gasteiger charge is -2.08. The standard InChI is InChI=1S/C16H17IN2O4S/c1-23-11-10-18-24(21,22)15-8-2-12(3-9-15)16(20)19-14-6-4-13(17)5-7-14/h2-9,18H,10-11H2,1H3,(H,19,20). The average molecular weight is 460 g/mol. The number of sulfonamides is 1. The summed E-state index contributed by atoms with van der Waals surface area (Å²) in [6, 6.07) is 13.1. The Morgan fingerprint density at radius 3 is 2.29 bits per heavy atom. The van der Waals surface area contributed by atoms with Crippen molar-refractivity contribution < 1.29 is 17.9 Å². The largest absolute Gasteiger partial charge is 0.383 e. The molecule has 0 radical (unpaired) electrons. The van der Waals surface area contributed by atoms with Gasteiger partial charge in [-0.15, -0.1) is 0 Å². The van der Waals surface area contributed by atoms with E-state index < -0.39 is 10.0 Å². The van der Waals surface area contributed by atoms with Gasteiger partial charge in [-0.2, -0.15) is 0 Å². The SMILES string of the molecule is COCCNS(=O)(=O)c1ccc(C(=O)Nc2ccc(I)cc2)cc1. The molecule has 0 aliphatic rings. The number of benzene rings is 2. The van der Waals surface area contributed by atoms with E-state index in [-0.39, 0.29) is 24.0 Å². The van der Waals surface area contributed by atoms with Crippen LogP contribution in [-0.2, 0) is 14.8 Å². The zero-order chi connectivity index (χ0) is 17.6. The van der Waals surface area contributed by atoms with E-state index in [1.165, 1.54) is 31.4 Å². The van der Waals surface area contributed by atoms with E-state index in [4.69, 9.17) is 4.74 Å². The number of methoxy groups -OCH3 is 1. The van der Waals surface area contributed by atoms with Gasteiger partial charge in [0.15, 0.2) is 0 Å². The van der Waals surface area contributed by atoms with Gasteiger partial charge in [-0.05, 0) is 71.1 Å². The molecular formula is C16H17IN2O4S. The lowest BCUT2D eigenvalue weighted by molar-refractivity contribution is 0.102. The zero-order valence-electron chi connectivity index (χ0n) is 13.0. The van der Waals surface area contributed by atoms with Crippen molar-refractivity contribution in [1.29, 1.82) is 0 Å². The number of hydrogen-bond donors (Lipinski definition) is 2. The lowest BCUT2D eigenvalue weighted by atomic mass is 10.2. The Labute approximate surface area is 154 Å². The topological polar surface area (TPSA) is 84.5 Å². The number of hydrogen-bond acceptors (Lipinski definition) is 4. The van der Waals surface area contributed by atoms with Crippen LogP contribution in [0.4, 0.5) is 5.69 Å². The number of ether oxygens (including phenoxy) is 1. The lowest BCUT2D eigenvalue weighted by Crippen LogP contribution is -2.27. The fraction of sp³-hybridized carbons (Fsp3) is 0.188. The van der Waals surface area contributed by atoms with Crippen LogP contribution in [0.25, 0.3) is 0 Å². The molecule has 2 rings (SSSR count). The summed E-state index contributed by atoms with van der Waals surface area (Å²) in [4.78, 5) is 12.3. The summed E-state index contributed by atoms with van der Waals surface area (Å²) >= 11 is 2.18. The second-order valence-corrected chi connectivity index (χ2v) is 7.89. The van der Waals surface area contributed by atoms with Gasteiger partial charge in [-0.3, -0.25) is 4.79 Å². The summed E-state index contributed by atoms with van der Waals surface area (Å²) in [5, 5.41) is 2.76. The summed E-state index contributed by atoms with van der Waals surface area (Å²) in [5.74, 6) is -0.299. The van der Waals surface area contributed by atoms with Crippen LogP contribution in [0.3, 0.4) is 0 Å². The van der Waals surface area contributed by atoms with Crippen LogP contribution in [0.5, 0.6) is 0 Å². The fourth-order valence-electron chi connectivity index (χ4n) is 1.88. The number of carbonyl (C=O) groups is 1. The van der Waals surface area contributed by atoms with Crippen molar-refractivity contribution in [2.45, 2.75) is 4.90 Å². The molecule has 0 heterocycles. The zero-order valence-corrected chi connectivity index (χ0v) is 15.9. The molecule has 0 aromatic heterocycles. The molecule has 2 N–H and O–H groups in total. The van der Waals surface area contributed by atoms with Crippen molar-refractivity contribution in [2.75, 3.05) is 25.6 Å². The number of rotatable bonds is 7. The quantitative estimate of drug-likeness (QED) is 0.491. The van der Waals surface area contributed by atoms with Gasteiger partial charge in [0, 0.05) is 28.5 Å². The normalized spacial score (nSPS) is 11.2. The highest BCUT2D eigenvalue weighted by Crippen LogP contribution is 2.14. The van der Waals surface area contributed by atoms with Crippen LogP contribution < -0.4 is 10.0 Å². The predicted octanol–water partition coefficient (Wildman–Crippen LogP) is 2.47. The van der Waals surface area contributed by atoms with E-state index in [0.717, 1.165) is 3.57 Å². The molecule has 0 fully saturated rings.